The van der Waals surface area contributed by atoms with Crippen LogP contribution in [0, 0.1) is 5.82 Å². The van der Waals surface area contributed by atoms with E-state index < -0.39 is 26.7 Å². The van der Waals surface area contributed by atoms with Crippen molar-refractivity contribution in [2.24, 2.45) is 0 Å². The number of benzene rings is 1. The van der Waals surface area contributed by atoms with Gasteiger partial charge in [0.15, 0.2) is 0 Å². The van der Waals surface area contributed by atoms with Crippen LogP contribution in [0.4, 0.5) is 9.18 Å². The number of hydrogen-bond donors (Lipinski definition) is 1. The fourth-order valence-corrected chi connectivity index (χ4v) is 5.48. The Bertz CT molecular complexity index is 1040. The van der Waals surface area contributed by atoms with Crippen molar-refractivity contribution in [1.82, 2.24) is 19.4 Å². The number of carbonyl (C=O) groups is 2. The fraction of sp³-hybridized carbons (Fsp3) is 0.524. The van der Waals surface area contributed by atoms with E-state index >= 15 is 0 Å². The van der Waals surface area contributed by atoms with E-state index in [2.05, 4.69) is 16.9 Å². The van der Waals surface area contributed by atoms with Crippen LogP contribution in [-0.4, -0.2) is 66.4 Å². The molecule has 31 heavy (non-hydrogen) atoms. The minimum Gasteiger partial charge on any atom is -0.444 e. The van der Waals surface area contributed by atoms with Crippen LogP contribution in [0.2, 0.25) is 5.54 Å². The Morgan fingerprint density at radius 2 is 2.06 bits per heavy atom. The summed E-state index contributed by atoms with van der Waals surface area (Å²) in [6.07, 6.45) is 0.148. The van der Waals surface area contributed by atoms with Gasteiger partial charge in [-0.3, -0.25) is 9.59 Å². The van der Waals surface area contributed by atoms with E-state index in [0.717, 1.165) is 6.07 Å². The lowest BCUT2D eigenvalue weighted by molar-refractivity contribution is -0.126. The van der Waals surface area contributed by atoms with Crippen LogP contribution in [-0.2, 0) is 16.0 Å². The summed E-state index contributed by atoms with van der Waals surface area (Å²) in [5.74, 6) is -0.104. The van der Waals surface area contributed by atoms with Gasteiger partial charge in [-0.25, -0.2) is 14.2 Å². The predicted octanol–water partition coefficient (Wildman–Crippen LogP) is 1.97. The Balaban J connectivity index is 1.62. The van der Waals surface area contributed by atoms with E-state index in [4.69, 9.17) is 4.74 Å². The summed E-state index contributed by atoms with van der Waals surface area (Å²) in [5.41, 5.74) is -0.335. The van der Waals surface area contributed by atoms with Gasteiger partial charge in [0.25, 0.3) is 5.56 Å². The smallest absolute Gasteiger partial charge is 0.410 e. The molecule has 0 spiro atoms. The molecule has 1 aromatic carbocycles. The van der Waals surface area contributed by atoms with Gasteiger partial charge in [-0.15, -0.1) is 0 Å². The second-order valence-electron chi connectivity index (χ2n) is 9.05. The second-order valence-corrected chi connectivity index (χ2v) is 11.6. The Morgan fingerprint density at radius 3 is 2.77 bits per heavy atom. The molecule has 3 rings (SSSR count). The maximum absolute atomic E-state index is 13.3. The lowest BCUT2D eigenvalue weighted by Gasteiger charge is -2.27. The summed E-state index contributed by atoms with van der Waals surface area (Å²) in [7, 11) is -0.887. The summed E-state index contributed by atoms with van der Waals surface area (Å²) in [6.45, 7) is 9.05. The highest BCUT2D eigenvalue weighted by atomic mass is 28.2. The first-order chi connectivity index (χ1) is 14.5. The first kappa shape index (κ1) is 22.9. The minimum absolute atomic E-state index is 0.00796. The molecule has 0 unspecified atom stereocenters. The van der Waals surface area contributed by atoms with Crippen LogP contribution in [0.25, 0.3) is 10.9 Å². The SMILES string of the molecule is C[C@H]1CN(C(=O)OC(C)(C)C)CCN(C(=O)CCc2nc3ccc(F)cc3c(=O)[nH]2)[SiH2]1. The molecule has 1 atom stereocenters. The third-order valence-corrected chi connectivity index (χ3v) is 6.99. The number of carbonyl (C=O) groups excluding carboxylic acids is 2. The highest BCUT2D eigenvalue weighted by Crippen LogP contribution is 2.17. The van der Waals surface area contributed by atoms with Crippen LogP contribution < -0.4 is 5.56 Å². The molecule has 2 heterocycles. The maximum atomic E-state index is 13.3. The van der Waals surface area contributed by atoms with Crippen molar-refractivity contribution in [1.29, 1.82) is 0 Å². The molecule has 10 heteroatoms. The second kappa shape index (κ2) is 9.17. The van der Waals surface area contributed by atoms with Gasteiger partial charge in [-0.2, -0.15) is 0 Å². The average molecular weight is 449 g/mol. The Morgan fingerprint density at radius 1 is 1.32 bits per heavy atom. The van der Waals surface area contributed by atoms with Crippen LogP contribution in [0.3, 0.4) is 0 Å². The molecule has 0 saturated carbocycles. The largest absolute Gasteiger partial charge is 0.444 e. The van der Waals surface area contributed by atoms with E-state index in [-0.39, 0.29) is 35.8 Å². The van der Waals surface area contributed by atoms with Crippen molar-refractivity contribution >= 4 is 32.6 Å². The van der Waals surface area contributed by atoms with Crippen LogP contribution in [0.5, 0.6) is 0 Å². The third kappa shape index (κ3) is 6.13. The zero-order valence-corrected chi connectivity index (χ0v) is 19.8. The Kier molecular flexibility index (Phi) is 6.78. The predicted molar refractivity (Wildman–Crippen MR) is 118 cm³/mol. The molecular weight excluding hydrogens is 419 g/mol. The monoisotopic (exact) mass is 448 g/mol. The number of rotatable bonds is 3. The number of amides is 2. The van der Waals surface area contributed by atoms with Crippen molar-refractivity contribution in [2.75, 3.05) is 19.6 Å². The number of ether oxygens (including phenoxy) is 1. The summed E-state index contributed by atoms with van der Waals surface area (Å²) in [4.78, 5) is 46.1. The highest BCUT2D eigenvalue weighted by Gasteiger charge is 2.29. The van der Waals surface area contributed by atoms with Crippen molar-refractivity contribution in [3.63, 3.8) is 0 Å². The topological polar surface area (TPSA) is 95.6 Å². The van der Waals surface area contributed by atoms with Gasteiger partial charge >= 0.3 is 6.09 Å². The van der Waals surface area contributed by atoms with Crippen LogP contribution in [0.1, 0.15) is 39.9 Å². The van der Waals surface area contributed by atoms with Crippen molar-refractivity contribution in [2.45, 2.75) is 51.7 Å². The zero-order chi connectivity index (χ0) is 22.8. The van der Waals surface area contributed by atoms with Gasteiger partial charge in [0, 0.05) is 32.5 Å². The summed E-state index contributed by atoms with van der Waals surface area (Å²) in [6, 6.07) is 3.86. The van der Waals surface area contributed by atoms with Gasteiger partial charge in [0.2, 0.25) is 5.91 Å². The highest BCUT2D eigenvalue weighted by molar-refractivity contribution is 6.38. The van der Waals surface area contributed by atoms with Gasteiger partial charge in [-0.05, 0) is 44.5 Å². The van der Waals surface area contributed by atoms with E-state index in [1.165, 1.54) is 12.1 Å². The molecule has 0 radical (unpaired) electrons. The number of halogens is 1. The summed E-state index contributed by atoms with van der Waals surface area (Å²) in [5, 5.41) is 0.186. The number of H-pyrrole nitrogens is 1. The van der Waals surface area contributed by atoms with Gasteiger partial charge in [0.05, 0.1) is 10.9 Å². The van der Waals surface area contributed by atoms with E-state index in [9.17, 15) is 18.8 Å². The Labute approximate surface area is 182 Å². The third-order valence-electron chi connectivity index (χ3n) is 5.00. The quantitative estimate of drug-likeness (QED) is 0.725. The number of nitrogens with one attached hydrogen (secondary N) is 1. The summed E-state index contributed by atoms with van der Waals surface area (Å²) < 4.78 is 20.7. The molecule has 0 aliphatic carbocycles. The standard InChI is InChI=1S/C21H29FN4O4Si/c1-13-12-25(20(29)30-21(2,3)4)9-10-26(31-13)18(27)8-7-17-23-16-6-5-14(22)11-15(16)19(28)24-17/h5-6,11,13H,7-10,12,31H2,1-4H3,(H,23,24,28)/t13-/m0/s1. The molecule has 0 bridgehead atoms. The molecular formula is C21H29FN4O4Si. The molecule has 1 aliphatic rings. The lowest BCUT2D eigenvalue weighted by Crippen LogP contribution is -2.40. The molecule has 1 N–H and O–H groups in total. The van der Waals surface area contributed by atoms with Crippen molar-refractivity contribution in [3.05, 3.63) is 40.2 Å². The average Bonchev–Trinajstić information content (AvgIpc) is 2.87. The number of aromatic nitrogens is 2. The van der Waals surface area contributed by atoms with Crippen molar-refractivity contribution < 1.29 is 18.7 Å². The van der Waals surface area contributed by atoms with Crippen molar-refractivity contribution in [3.8, 4) is 0 Å². The number of nitrogens with zero attached hydrogens (tertiary/aromatic N) is 3. The van der Waals surface area contributed by atoms with Gasteiger partial charge in [-0.1, -0.05) is 6.92 Å². The van der Waals surface area contributed by atoms with Crippen LogP contribution in [0.15, 0.2) is 23.0 Å². The first-order valence-electron chi connectivity index (χ1n) is 10.5. The molecule has 1 fully saturated rings. The molecule has 8 nitrogen and oxygen atoms in total. The minimum atomic E-state index is -0.887. The maximum Gasteiger partial charge on any atom is 0.410 e. The molecule has 168 valence electrons. The molecule has 1 aliphatic heterocycles. The zero-order valence-electron chi connectivity index (χ0n) is 18.4. The normalized spacial score (nSPS) is 18.3. The fourth-order valence-electron chi connectivity index (χ4n) is 3.61. The van der Waals surface area contributed by atoms with Gasteiger partial charge in [0.1, 0.15) is 26.9 Å². The lowest BCUT2D eigenvalue weighted by atomic mass is 10.2. The van der Waals surface area contributed by atoms with Gasteiger partial charge < -0.3 is 19.2 Å². The Hall–Kier alpha value is -2.75. The van der Waals surface area contributed by atoms with E-state index in [1.807, 2.05) is 25.3 Å². The molecule has 1 aromatic heterocycles. The van der Waals surface area contributed by atoms with Crippen LogP contribution >= 0.6 is 0 Å². The first-order valence-corrected chi connectivity index (χ1v) is 11.9. The number of aryl methyl sites for hydroxylation is 1. The van der Waals surface area contributed by atoms with E-state index in [1.54, 1.807) is 4.90 Å². The number of hydrogen-bond acceptors (Lipinski definition) is 5. The molecule has 2 amide bonds. The molecule has 2 aromatic rings. The molecule has 1 saturated heterocycles. The summed E-state index contributed by atoms with van der Waals surface area (Å²) >= 11 is 0. The number of aromatic amines is 1. The number of fused-ring (bicyclic) bond motifs is 1. The van der Waals surface area contributed by atoms with E-state index in [0.29, 0.717) is 31.0 Å².